The highest BCUT2D eigenvalue weighted by Gasteiger charge is 2.25. The van der Waals surface area contributed by atoms with E-state index in [2.05, 4.69) is 25.3 Å². The predicted molar refractivity (Wildman–Crippen MR) is 45.9 cm³/mol. The molecule has 0 aliphatic heterocycles. The van der Waals surface area contributed by atoms with Crippen LogP contribution in [0.1, 0.15) is 13.8 Å². The number of nitrogens with zero attached hydrogens (tertiary/aromatic N) is 1. The van der Waals surface area contributed by atoms with Crippen LogP contribution in [0.15, 0.2) is 12.7 Å². The van der Waals surface area contributed by atoms with Gasteiger partial charge in [0.05, 0.1) is 0 Å². The normalized spacial score (nSPS) is 15.4. The summed E-state index contributed by atoms with van der Waals surface area (Å²) in [6.07, 6.45) is 1.78. The predicted octanol–water partition coefficient (Wildman–Crippen LogP) is 0.840. The lowest BCUT2D eigenvalue weighted by Gasteiger charge is -2.36. The van der Waals surface area contributed by atoms with Gasteiger partial charge in [-0.1, -0.05) is 6.08 Å². The molecule has 2 nitrogen and oxygen atoms in total. The molecule has 0 aromatic heterocycles. The average molecular weight is 142 g/mol. The summed E-state index contributed by atoms with van der Waals surface area (Å²) in [6.45, 7) is 7.85. The van der Waals surface area contributed by atoms with Gasteiger partial charge in [0.2, 0.25) is 0 Å². The molecule has 0 amide bonds. The van der Waals surface area contributed by atoms with Crippen molar-refractivity contribution in [2.24, 2.45) is 5.73 Å². The Morgan fingerprint density at radius 1 is 1.50 bits per heavy atom. The van der Waals surface area contributed by atoms with Crippen molar-refractivity contribution in [2.45, 2.75) is 25.4 Å². The van der Waals surface area contributed by atoms with Crippen LogP contribution in [0.25, 0.3) is 0 Å². The molecular weight excluding hydrogens is 124 g/mol. The van der Waals surface area contributed by atoms with E-state index in [-0.39, 0.29) is 11.6 Å². The monoisotopic (exact) mass is 142 g/mol. The van der Waals surface area contributed by atoms with Crippen LogP contribution >= 0.6 is 0 Å². The summed E-state index contributed by atoms with van der Waals surface area (Å²) in [6, 6.07) is 0.0301. The fourth-order valence-corrected chi connectivity index (χ4v) is 0.587. The number of rotatable bonds is 3. The minimum atomic E-state index is 0.00174. The van der Waals surface area contributed by atoms with Crippen molar-refractivity contribution in [3.63, 3.8) is 0 Å². The van der Waals surface area contributed by atoms with E-state index < -0.39 is 0 Å². The Morgan fingerprint density at radius 3 is 2.00 bits per heavy atom. The lowest BCUT2D eigenvalue weighted by atomic mass is 9.94. The molecule has 0 aliphatic rings. The quantitative estimate of drug-likeness (QED) is 0.592. The van der Waals surface area contributed by atoms with Crippen molar-refractivity contribution in [1.82, 2.24) is 4.90 Å². The van der Waals surface area contributed by atoms with Crippen LogP contribution in [0.5, 0.6) is 0 Å². The minimum Gasteiger partial charge on any atom is -0.323 e. The second-order valence-corrected chi connectivity index (χ2v) is 3.31. The van der Waals surface area contributed by atoms with Gasteiger partial charge in [-0.15, -0.1) is 6.58 Å². The van der Waals surface area contributed by atoms with E-state index in [9.17, 15) is 0 Å². The van der Waals surface area contributed by atoms with Crippen molar-refractivity contribution in [2.75, 3.05) is 14.1 Å². The molecule has 0 rings (SSSR count). The molecule has 0 aromatic carbocycles. The van der Waals surface area contributed by atoms with Crippen LogP contribution in [0.2, 0.25) is 0 Å². The third-order valence-corrected chi connectivity index (χ3v) is 2.22. The number of nitrogens with two attached hydrogens (primary N) is 1. The van der Waals surface area contributed by atoms with Crippen LogP contribution in [0.4, 0.5) is 0 Å². The van der Waals surface area contributed by atoms with E-state index in [4.69, 9.17) is 5.73 Å². The van der Waals surface area contributed by atoms with Gasteiger partial charge < -0.3 is 10.6 Å². The highest BCUT2D eigenvalue weighted by Crippen LogP contribution is 2.13. The molecule has 0 saturated heterocycles. The van der Waals surface area contributed by atoms with Crippen LogP contribution < -0.4 is 5.73 Å². The fraction of sp³-hybridized carbons (Fsp3) is 0.750. The highest BCUT2D eigenvalue weighted by atomic mass is 15.2. The summed E-state index contributed by atoms with van der Waals surface area (Å²) < 4.78 is 0. The molecule has 1 unspecified atom stereocenters. The SMILES string of the molecule is C=CC(N)C(C)(C)N(C)C. The topological polar surface area (TPSA) is 29.3 Å². The first-order valence-corrected chi connectivity index (χ1v) is 3.48. The van der Waals surface area contributed by atoms with E-state index in [0.29, 0.717) is 0 Å². The summed E-state index contributed by atoms with van der Waals surface area (Å²) in [5.41, 5.74) is 5.79. The van der Waals surface area contributed by atoms with Crippen LogP contribution in [-0.4, -0.2) is 30.6 Å². The van der Waals surface area contributed by atoms with Crippen molar-refractivity contribution in [3.8, 4) is 0 Å². The van der Waals surface area contributed by atoms with Crippen molar-refractivity contribution >= 4 is 0 Å². The molecule has 0 saturated carbocycles. The van der Waals surface area contributed by atoms with Crippen molar-refractivity contribution in [3.05, 3.63) is 12.7 Å². The zero-order chi connectivity index (χ0) is 8.36. The molecule has 0 spiro atoms. The maximum Gasteiger partial charge on any atom is 0.0403 e. The number of likely N-dealkylation sites (N-methyl/N-ethyl adjacent to an activating group) is 1. The third-order valence-electron chi connectivity index (χ3n) is 2.22. The molecule has 0 fully saturated rings. The molecule has 2 heteroatoms. The molecule has 1 atom stereocenters. The fourth-order valence-electron chi connectivity index (χ4n) is 0.587. The van der Waals surface area contributed by atoms with Gasteiger partial charge in [-0.05, 0) is 27.9 Å². The van der Waals surface area contributed by atoms with Gasteiger partial charge in [0.15, 0.2) is 0 Å². The van der Waals surface area contributed by atoms with Gasteiger partial charge in [-0.25, -0.2) is 0 Å². The molecule has 2 N–H and O–H groups in total. The number of hydrogen-bond acceptors (Lipinski definition) is 2. The Hall–Kier alpha value is -0.340. The van der Waals surface area contributed by atoms with Gasteiger partial charge in [0.25, 0.3) is 0 Å². The van der Waals surface area contributed by atoms with E-state index >= 15 is 0 Å². The van der Waals surface area contributed by atoms with Crippen molar-refractivity contribution < 1.29 is 0 Å². The lowest BCUT2D eigenvalue weighted by Crippen LogP contribution is -2.51. The second-order valence-electron chi connectivity index (χ2n) is 3.31. The zero-order valence-corrected chi connectivity index (χ0v) is 7.39. The summed E-state index contributed by atoms with van der Waals surface area (Å²) in [7, 11) is 4.03. The molecule has 60 valence electrons. The van der Waals surface area contributed by atoms with Gasteiger partial charge in [0, 0.05) is 11.6 Å². The molecule has 0 bridgehead atoms. The minimum absolute atomic E-state index is 0.00174. The molecule has 0 heterocycles. The Kier molecular flexibility index (Phi) is 3.06. The Bertz CT molecular complexity index is 116. The maximum absolute atomic E-state index is 5.79. The van der Waals surface area contributed by atoms with Gasteiger partial charge >= 0.3 is 0 Å². The Labute approximate surface area is 63.7 Å². The summed E-state index contributed by atoms with van der Waals surface area (Å²) in [5, 5.41) is 0. The van der Waals surface area contributed by atoms with Gasteiger partial charge in [-0.2, -0.15) is 0 Å². The first-order chi connectivity index (χ1) is 4.42. The van der Waals surface area contributed by atoms with Crippen LogP contribution in [0, 0.1) is 0 Å². The average Bonchev–Trinajstić information content (AvgIpc) is 1.86. The molecular formula is C8H18N2. The van der Waals surface area contributed by atoms with Crippen LogP contribution in [-0.2, 0) is 0 Å². The zero-order valence-electron chi connectivity index (χ0n) is 7.39. The summed E-state index contributed by atoms with van der Waals surface area (Å²) in [5.74, 6) is 0. The summed E-state index contributed by atoms with van der Waals surface area (Å²) in [4.78, 5) is 2.10. The first kappa shape index (κ1) is 9.66. The third kappa shape index (κ3) is 1.82. The summed E-state index contributed by atoms with van der Waals surface area (Å²) >= 11 is 0. The Balaban J connectivity index is 4.22. The Morgan fingerprint density at radius 2 is 1.90 bits per heavy atom. The maximum atomic E-state index is 5.79. The second kappa shape index (κ2) is 3.17. The van der Waals surface area contributed by atoms with E-state index in [1.54, 1.807) is 6.08 Å². The molecule has 10 heavy (non-hydrogen) atoms. The van der Waals surface area contributed by atoms with Gasteiger partial charge in [-0.3, -0.25) is 0 Å². The lowest BCUT2D eigenvalue weighted by molar-refractivity contribution is 0.177. The van der Waals surface area contributed by atoms with Gasteiger partial charge in [0.1, 0.15) is 0 Å². The first-order valence-electron chi connectivity index (χ1n) is 3.48. The largest absolute Gasteiger partial charge is 0.323 e. The molecule has 0 aromatic rings. The van der Waals surface area contributed by atoms with E-state index in [1.807, 2.05) is 14.1 Å². The highest BCUT2D eigenvalue weighted by molar-refractivity contribution is 4.99. The standard InChI is InChI=1S/C8H18N2/c1-6-7(9)8(2,3)10(4)5/h6-7H,1,9H2,2-5H3. The van der Waals surface area contributed by atoms with E-state index in [0.717, 1.165) is 0 Å². The molecule has 0 aliphatic carbocycles. The van der Waals surface area contributed by atoms with Crippen molar-refractivity contribution in [1.29, 1.82) is 0 Å². The van der Waals surface area contributed by atoms with E-state index in [1.165, 1.54) is 0 Å². The molecule has 0 radical (unpaired) electrons. The smallest absolute Gasteiger partial charge is 0.0403 e. The van der Waals surface area contributed by atoms with Crippen LogP contribution in [0.3, 0.4) is 0 Å². The number of hydrogen-bond donors (Lipinski definition) is 1.